The summed E-state index contributed by atoms with van der Waals surface area (Å²) >= 11 is 12.1. The highest BCUT2D eigenvalue weighted by Gasteiger charge is 2.06. The zero-order valence-corrected chi connectivity index (χ0v) is 10.9. The summed E-state index contributed by atoms with van der Waals surface area (Å²) in [5.41, 5.74) is 2.01. The lowest BCUT2D eigenvalue weighted by atomic mass is 10.0. The van der Waals surface area contributed by atoms with E-state index in [1.54, 1.807) is 18.2 Å². The van der Waals surface area contributed by atoms with Gasteiger partial charge in [0.25, 0.3) is 0 Å². The van der Waals surface area contributed by atoms with E-state index in [1.807, 2.05) is 36.4 Å². The number of hydrogen-bond acceptors (Lipinski definition) is 1. The van der Waals surface area contributed by atoms with Crippen LogP contribution in [0.4, 0.5) is 0 Å². The lowest BCUT2D eigenvalue weighted by Gasteiger charge is -2.03. The van der Waals surface area contributed by atoms with Crippen LogP contribution in [0.1, 0.15) is 11.1 Å². The first kappa shape index (κ1) is 12.7. The Morgan fingerprint density at radius 3 is 2.17 bits per heavy atom. The minimum Gasteiger partial charge on any atom is -0.192 e. The van der Waals surface area contributed by atoms with Gasteiger partial charge >= 0.3 is 0 Å². The molecule has 2 aromatic rings. The Kier molecular flexibility index (Phi) is 4.04. The van der Waals surface area contributed by atoms with Crippen molar-refractivity contribution in [3.8, 4) is 6.07 Å². The van der Waals surface area contributed by atoms with Crippen LogP contribution in [-0.4, -0.2) is 0 Å². The number of halogens is 2. The van der Waals surface area contributed by atoms with Gasteiger partial charge in [-0.2, -0.15) is 5.26 Å². The molecule has 0 radical (unpaired) electrons. The number of hydrogen-bond donors (Lipinski definition) is 0. The summed E-state index contributed by atoms with van der Waals surface area (Å²) in [5, 5.41) is 10.4. The maximum atomic E-state index is 9.24. The third kappa shape index (κ3) is 2.73. The number of allylic oxidation sites excluding steroid dienone is 1. The van der Waals surface area contributed by atoms with Crippen molar-refractivity contribution in [1.82, 2.24) is 0 Å². The molecule has 3 heteroatoms. The largest absolute Gasteiger partial charge is 0.192 e. The van der Waals surface area contributed by atoms with Gasteiger partial charge in [0.15, 0.2) is 0 Å². The van der Waals surface area contributed by atoms with Crippen LogP contribution in [0.15, 0.2) is 48.5 Å². The van der Waals surface area contributed by atoms with Gasteiger partial charge in [-0.15, -0.1) is 0 Å². The van der Waals surface area contributed by atoms with Crippen LogP contribution in [0.25, 0.3) is 11.6 Å². The van der Waals surface area contributed by atoms with E-state index in [2.05, 4.69) is 6.07 Å². The van der Waals surface area contributed by atoms with Crippen molar-refractivity contribution < 1.29 is 0 Å². The first-order valence-corrected chi connectivity index (χ1v) is 6.09. The molecule has 0 amide bonds. The van der Waals surface area contributed by atoms with Crippen LogP contribution in [0.3, 0.4) is 0 Å². The molecule has 0 bridgehead atoms. The Bertz CT molecular complexity index is 639. The number of rotatable bonds is 2. The van der Waals surface area contributed by atoms with Crippen molar-refractivity contribution in [2.24, 2.45) is 0 Å². The Balaban J connectivity index is 2.52. The lowest BCUT2D eigenvalue weighted by Crippen LogP contribution is -1.84. The minimum absolute atomic E-state index is 0.494. The molecule has 0 unspecified atom stereocenters. The van der Waals surface area contributed by atoms with Gasteiger partial charge in [-0.1, -0.05) is 59.6 Å². The SMILES string of the molecule is N#CC(=Cc1ccccc1Cl)c1ccccc1Cl. The van der Waals surface area contributed by atoms with Crippen LogP contribution >= 0.6 is 23.2 Å². The van der Waals surface area contributed by atoms with Gasteiger partial charge in [0.05, 0.1) is 11.6 Å². The van der Waals surface area contributed by atoms with Crippen LogP contribution in [-0.2, 0) is 0 Å². The van der Waals surface area contributed by atoms with E-state index in [9.17, 15) is 5.26 Å². The fourth-order valence-electron chi connectivity index (χ4n) is 1.60. The van der Waals surface area contributed by atoms with Crippen molar-refractivity contribution in [3.05, 3.63) is 69.7 Å². The molecule has 88 valence electrons. The second-order valence-electron chi connectivity index (χ2n) is 3.67. The zero-order valence-electron chi connectivity index (χ0n) is 9.40. The predicted octanol–water partition coefficient (Wildman–Crippen LogP) is 5.06. The molecule has 0 atom stereocenters. The first-order valence-electron chi connectivity index (χ1n) is 5.33. The highest BCUT2D eigenvalue weighted by atomic mass is 35.5. The zero-order chi connectivity index (χ0) is 13.0. The summed E-state index contributed by atoms with van der Waals surface area (Å²) < 4.78 is 0. The Labute approximate surface area is 116 Å². The Morgan fingerprint density at radius 1 is 0.944 bits per heavy atom. The summed E-state index contributed by atoms with van der Waals surface area (Å²) in [6.07, 6.45) is 1.74. The normalized spacial score (nSPS) is 11.1. The minimum atomic E-state index is 0.494. The van der Waals surface area contributed by atoms with Crippen LogP contribution in [0.2, 0.25) is 10.0 Å². The summed E-state index contributed by atoms with van der Waals surface area (Å²) in [6.45, 7) is 0. The molecule has 0 spiro atoms. The topological polar surface area (TPSA) is 23.8 Å². The van der Waals surface area contributed by atoms with Gasteiger partial charge in [-0.05, 0) is 23.8 Å². The Morgan fingerprint density at radius 2 is 1.56 bits per heavy atom. The second-order valence-corrected chi connectivity index (χ2v) is 4.49. The molecule has 0 aliphatic carbocycles. The molecular formula is C15H9Cl2N. The molecule has 18 heavy (non-hydrogen) atoms. The van der Waals surface area contributed by atoms with Crippen molar-refractivity contribution in [1.29, 1.82) is 5.26 Å². The third-order valence-corrected chi connectivity index (χ3v) is 3.16. The molecule has 0 heterocycles. The molecule has 2 aromatic carbocycles. The molecule has 0 aliphatic heterocycles. The lowest BCUT2D eigenvalue weighted by molar-refractivity contribution is 1.52. The standard InChI is InChI=1S/C15H9Cl2N/c16-14-7-3-1-5-11(14)9-12(10-18)13-6-2-4-8-15(13)17/h1-9H. The molecule has 0 N–H and O–H groups in total. The fraction of sp³-hybridized carbons (Fsp3) is 0. The van der Waals surface area contributed by atoms with Gasteiger partial charge in [-0.25, -0.2) is 0 Å². The van der Waals surface area contributed by atoms with Gasteiger partial charge in [0.1, 0.15) is 0 Å². The summed E-state index contributed by atoms with van der Waals surface area (Å²) in [6, 6.07) is 16.8. The molecule has 0 fully saturated rings. The average molecular weight is 274 g/mol. The second kappa shape index (κ2) is 5.73. The van der Waals surface area contributed by atoms with Gasteiger partial charge in [-0.3, -0.25) is 0 Å². The molecule has 1 nitrogen and oxygen atoms in total. The van der Waals surface area contributed by atoms with E-state index < -0.39 is 0 Å². The van der Waals surface area contributed by atoms with E-state index in [0.717, 1.165) is 5.56 Å². The monoisotopic (exact) mass is 273 g/mol. The van der Waals surface area contributed by atoms with Gasteiger partial charge < -0.3 is 0 Å². The highest BCUT2D eigenvalue weighted by Crippen LogP contribution is 2.27. The molecular weight excluding hydrogens is 265 g/mol. The van der Waals surface area contributed by atoms with E-state index >= 15 is 0 Å². The molecule has 0 saturated carbocycles. The molecule has 2 rings (SSSR count). The van der Waals surface area contributed by atoms with E-state index in [0.29, 0.717) is 21.2 Å². The Hall–Kier alpha value is -1.75. The fourth-order valence-corrected chi connectivity index (χ4v) is 2.03. The van der Waals surface area contributed by atoms with Crippen molar-refractivity contribution in [2.45, 2.75) is 0 Å². The number of nitrogens with zero attached hydrogens (tertiary/aromatic N) is 1. The van der Waals surface area contributed by atoms with Crippen LogP contribution in [0, 0.1) is 11.3 Å². The number of benzene rings is 2. The smallest absolute Gasteiger partial charge is 0.0998 e. The summed E-state index contributed by atoms with van der Waals surface area (Å²) in [7, 11) is 0. The predicted molar refractivity (Wildman–Crippen MR) is 76.4 cm³/mol. The summed E-state index contributed by atoms with van der Waals surface area (Å²) in [4.78, 5) is 0. The van der Waals surface area contributed by atoms with Gasteiger partial charge in [0.2, 0.25) is 0 Å². The van der Waals surface area contributed by atoms with Crippen molar-refractivity contribution in [2.75, 3.05) is 0 Å². The van der Waals surface area contributed by atoms with E-state index in [1.165, 1.54) is 0 Å². The van der Waals surface area contributed by atoms with E-state index in [-0.39, 0.29) is 0 Å². The molecule has 0 aliphatic rings. The molecule has 0 aromatic heterocycles. The maximum Gasteiger partial charge on any atom is 0.0998 e. The van der Waals surface area contributed by atoms with Crippen LogP contribution in [0.5, 0.6) is 0 Å². The number of nitriles is 1. The van der Waals surface area contributed by atoms with Crippen molar-refractivity contribution in [3.63, 3.8) is 0 Å². The first-order chi connectivity index (χ1) is 8.72. The molecule has 0 saturated heterocycles. The van der Waals surface area contributed by atoms with Gasteiger partial charge in [0, 0.05) is 15.6 Å². The van der Waals surface area contributed by atoms with E-state index in [4.69, 9.17) is 23.2 Å². The van der Waals surface area contributed by atoms with Crippen molar-refractivity contribution >= 4 is 34.9 Å². The third-order valence-electron chi connectivity index (χ3n) is 2.49. The quantitative estimate of drug-likeness (QED) is 0.554. The maximum absolute atomic E-state index is 9.24. The highest BCUT2D eigenvalue weighted by molar-refractivity contribution is 6.33. The summed E-state index contributed by atoms with van der Waals surface area (Å²) in [5.74, 6) is 0. The average Bonchev–Trinajstić information content (AvgIpc) is 2.39. The van der Waals surface area contributed by atoms with Crippen LogP contribution < -0.4 is 0 Å².